The summed E-state index contributed by atoms with van der Waals surface area (Å²) in [6.45, 7) is 0. The number of nitrogen functional groups attached to an aromatic ring is 1. The van der Waals surface area contributed by atoms with E-state index in [9.17, 15) is 0 Å². The standard InChI is InChI=1S/C17H16N4OS2/c1-22-13-6-4-7-14(9-13)24-15-8-3-2-5-12(15)10-19-21-17-20-16(18)11-23-17/h2-11H,18H2,1H3,(H,20,21). The highest BCUT2D eigenvalue weighted by Crippen LogP contribution is 2.31. The van der Waals surface area contributed by atoms with Gasteiger partial charge in [0.1, 0.15) is 11.6 Å². The van der Waals surface area contributed by atoms with E-state index in [0.717, 1.165) is 21.1 Å². The molecule has 0 atom stereocenters. The molecule has 1 aromatic heterocycles. The van der Waals surface area contributed by atoms with Crippen LogP contribution in [0.2, 0.25) is 0 Å². The molecular weight excluding hydrogens is 340 g/mol. The van der Waals surface area contributed by atoms with Crippen LogP contribution >= 0.6 is 23.1 Å². The average Bonchev–Trinajstić information content (AvgIpc) is 3.02. The fourth-order valence-electron chi connectivity index (χ4n) is 1.97. The molecule has 3 N–H and O–H groups in total. The molecule has 3 rings (SSSR count). The van der Waals surface area contributed by atoms with Crippen molar-refractivity contribution in [1.82, 2.24) is 4.98 Å². The number of hydrogen-bond acceptors (Lipinski definition) is 7. The van der Waals surface area contributed by atoms with Crippen molar-refractivity contribution in [1.29, 1.82) is 0 Å². The summed E-state index contributed by atoms with van der Waals surface area (Å²) >= 11 is 3.08. The second-order valence-corrected chi connectivity index (χ2v) is 6.74. The van der Waals surface area contributed by atoms with E-state index in [1.807, 2.05) is 36.4 Å². The Bertz CT molecular complexity index is 848. The van der Waals surface area contributed by atoms with Gasteiger partial charge < -0.3 is 10.5 Å². The van der Waals surface area contributed by atoms with Crippen molar-refractivity contribution in [3.63, 3.8) is 0 Å². The van der Waals surface area contributed by atoms with Gasteiger partial charge in [-0.15, -0.1) is 11.3 Å². The first-order chi connectivity index (χ1) is 11.7. The van der Waals surface area contributed by atoms with Crippen LogP contribution in [0.25, 0.3) is 0 Å². The molecule has 0 bridgehead atoms. The van der Waals surface area contributed by atoms with Crippen molar-refractivity contribution in [3.8, 4) is 5.75 Å². The number of thiazole rings is 1. The summed E-state index contributed by atoms with van der Waals surface area (Å²) in [5.74, 6) is 1.33. The van der Waals surface area contributed by atoms with Crippen molar-refractivity contribution in [2.75, 3.05) is 18.3 Å². The zero-order valence-corrected chi connectivity index (χ0v) is 14.6. The number of rotatable bonds is 6. The molecule has 0 amide bonds. The molecule has 0 aliphatic rings. The number of hydrogen-bond donors (Lipinski definition) is 2. The van der Waals surface area contributed by atoms with E-state index in [4.69, 9.17) is 10.5 Å². The van der Waals surface area contributed by atoms with Gasteiger partial charge in [0.05, 0.1) is 13.3 Å². The molecule has 1 heterocycles. The summed E-state index contributed by atoms with van der Waals surface area (Å²) < 4.78 is 5.27. The maximum Gasteiger partial charge on any atom is 0.205 e. The Morgan fingerprint density at radius 2 is 2.12 bits per heavy atom. The summed E-state index contributed by atoms with van der Waals surface area (Å²) in [4.78, 5) is 6.32. The number of anilines is 2. The van der Waals surface area contributed by atoms with E-state index in [0.29, 0.717) is 10.9 Å². The minimum atomic E-state index is 0.492. The number of benzene rings is 2. The molecule has 0 radical (unpaired) electrons. The van der Waals surface area contributed by atoms with Crippen LogP contribution in [0.4, 0.5) is 10.9 Å². The third-order valence-corrected chi connectivity index (χ3v) is 4.92. The number of nitrogens with two attached hydrogens (primary N) is 1. The van der Waals surface area contributed by atoms with Gasteiger partial charge in [-0.3, -0.25) is 5.43 Å². The van der Waals surface area contributed by atoms with Crippen LogP contribution in [0.5, 0.6) is 5.75 Å². The van der Waals surface area contributed by atoms with Crippen molar-refractivity contribution in [2.45, 2.75) is 9.79 Å². The predicted molar refractivity (Wildman–Crippen MR) is 101 cm³/mol. The van der Waals surface area contributed by atoms with Gasteiger partial charge in [-0.25, -0.2) is 4.98 Å². The van der Waals surface area contributed by atoms with Crippen molar-refractivity contribution < 1.29 is 4.74 Å². The summed E-state index contributed by atoms with van der Waals surface area (Å²) in [5.41, 5.74) is 9.50. The van der Waals surface area contributed by atoms with E-state index in [-0.39, 0.29) is 0 Å². The molecule has 24 heavy (non-hydrogen) atoms. The van der Waals surface area contributed by atoms with Gasteiger partial charge in [0.2, 0.25) is 5.13 Å². The minimum absolute atomic E-state index is 0.492. The average molecular weight is 356 g/mol. The Morgan fingerprint density at radius 1 is 1.25 bits per heavy atom. The molecule has 0 unspecified atom stereocenters. The predicted octanol–water partition coefficient (Wildman–Crippen LogP) is 4.33. The number of nitrogens with one attached hydrogen (secondary N) is 1. The number of methoxy groups -OCH3 is 1. The number of hydrazone groups is 1. The zero-order valence-electron chi connectivity index (χ0n) is 13.0. The zero-order chi connectivity index (χ0) is 16.8. The summed E-state index contributed by atoms with van der Waals surface area (Å²) in [6, 6.07) is 16.0. The third kappa shape index (κ3) is 4.27. The minimum Gasteiger partial charge on any atom is -0.497 e. The topological polar surface area (TPSA) is 72.5 Å². The van der Waals surface area contributed by atoms with E-state index >= 15 is 0 Å². The lowest BCUT2D eigenvalue weighted by Gasteiger charge is -2.07. The highest BCUT2D eigenvalue weighted by atomic mass is 32.2. The molecule has 3 aromatic rings. The lowest BCUT2D eigenvalue weighted by molar-refractivity contribution is 0.413. The monoisotopic (exact) mass is 356 g/mol. The van der Waals surface area contributed by atoms with Gasteiger partial charge in [-0.1, -0.05) is 36.0 Å². The van der Waals surface area contributed by atoms with E-state index in [1.165, 1.54) is 11.3 Å². The Kier molecular flexibility index (Phi) is 5.35. The first kappa shape index (κ1) is 16.4. The van der Waals surface area contributed by atoms with Gasteiger partial charge in [0, 0.05) is 20.7 Å². The maximum absolute atomic E-state index is 5.59. The Morgan fingerprint density at radius 3 is 2.92 bits per heavy atom. The normalized spacial score (nSPS) is 10.9. The number of ether oxygens (including phenoxy) is 1. The fraction of sp³-hybridized carbons (Fsp3) is 0.0588. The molecule has 0 spiro atoms. The molecule has 0 fully saturated rings. The van der Waals surface area contributed by atoms with Crippen LogP contribution in [0, 0.1) is 0 Å². The summed E-state index contributed by atoms with van der Waals surface area (Å²) in [6.07, 6.45) is 1.78. The molecule has 0 aliphatic heterocycles. The smallest absolute Gasteiger partial charge is 0.205 e. The van der Waals surface area contributed by atoms with Crippen LogP contribution in [0.15, 0.2) is 68.8 Å². The lowest BCUT2D eigenvalue weighted by Crippen LogP contribution is -1.92. The first-order valence-corrected chi connectivity index (χ1v) is 8.85. The van der Waals surface area contributed by atoms with Gasteiger partial charge in [-0.2, -0.15) is 5.10 Å². The number of aromatic nitrogens is 1. The van der Waals surface area contributed by atoms with Gasteiger partial charge in [-0.05, 0) is 24.3 Å². The van der Waals surface area contributed by atoms with Crippen LogP contribution in [-0.4, -0.2) is 18.3 Å². The molecule has 7 heteroatoms. The number of nitrogens with zero attached hydrogens (tertiary/aromatic N) is 2. The third-order valence-electron chi connectivity index (χ3n) is 3.07. The van der Waals surface area contributed by atoms with Crippen LogP contribution in [-0.2, 0) is 0 Å². The van der Waals surface area contributed by atoms with E-state index in [2.05, 4.69) is 27.6 Å². The van der Waals surface area contributed by atoms with Crippen LogP contribution in [0.1, 0.15) is 5.56 Å². The molecular formula is C17H16N4OS2. The van der Waals surface area contributed by atoms with Crippen molar-refractivity contribution in [2.24, 2.45) is 5.10 Å². The Labute approximate surface area is 148 Å². The largest absolute Gasteiger partial charge is 0.497 e. The summed E-state index contributed by atoms with van der Waals surface area (Å²) in [7, 11) is 1.67. The van der Waals surface area contributed by atoms with E-state index < -0.39 is 0 Å². The molecule has 5 nitrogen and oxygen atoms in total. The van der Waals surface area contributed by atoms with Gasteiger partial charge in [0.15, 0.2) is 0 Å². The van der Waals surface area contributed by atoms with Crippen LogP contribution in [0.3, 0.4) is 0 Å². The molecule has 0 saturated heterocycles. The fourth-order valence-corrected chi connectivity index (χ4v) is 3.48. The van der Waals surface area contributed by atoms with E-state index in [1.54, 1.807) is 30.5 Å². The molecule has 0 saturated carbocycles. The second-order valence-electron chi connectivity index (χ2n) is 4.77. The SMILES string of the molecule is COc1cccc(Sc2ccccc2C=NNc2nc(N)cs2)c1. The van der Waals surface area contributed by atoms with Gasteiger partial charge >= 0.3 is 0 Å². The van der Waals surface area contributed by atoms with Crippen molar-refractivity contribution in [3.05, 3.63) is 59.5 Å². The van der Waals surface area contributed by atoms with Crippen LogP contribution < -0.4 is 15.9 Å². The lowest BCUT2D eigenvalue weighted by atomic mass is 10.2. The molecule has 2 aromatic carbocycles. The maximum atomic E-state index is 5.59. The highest BCUT2D eigenvalue weighted by molar-refractivity contribution is 7.99. The highest BCUT2D eigenvalue weighted by Gasteiger charge is 2.04. The van der Waals surface area contributed by atoms with Crippen molar-refractivity contribution >= 4 is 40.3 Å². The Balaban J connectivity index is 1.74. The molecule has 0 aliphatic carbocycles. The second kappa shape index (κ2) is 7.85. The quantitative estimate of drug-likeness (QED) is 0.508. The summed E-state index contributed by atoms with van der Waals surface area (Å²) in [5, 5.41) is 6.68. The molecule has 122 valence electrons. The Hall–Kier alpha value is -2.51. The van der Waals surface area contributed by atoms with Gasteiger partial charge in [0.25, 0.3) is 0 Å². The first-order valence-electron chi connectivity index (χ1n) is 7.15.